The Morgan fingerprint density at radius 3 is 2.67 bits per heavy atom. The molecule has 1 aliphatic heterocycles. The maximum atomic E-state index is 9.52. The van der Waals surface area contributed by atoms with E-state index in [1.807, 2.05) is 12.3 Å². The predicted octanol–water partition coefficient (Wildman–Crippen LogP) is 1.69. The number of likely N-dealkylation sites (N-methyl/N-ethyl adjacent to an activating group) is 1. The van der Waals surface area contributed by atoms with Gasteiger partial charge in [0.05, 0.1) is 17.4 Å². The summed E-state index contributed by atoms with van der Waals surface area (Å²) in [5.41, 5.74) is 2.06. The topological polar surface area (TPSA) is 39.6 Å². The number of hydrogen-bond donors (Lipinski definition) is 1. The van der Waals surface area contributed by atoms with Gasteiger partial charge in [-0.2, -0.15) is 0 Å². The van der Waals surface area contributed by atoms with Crippen LogP contribution in [-0.2, 0) is 0 Å². The van der Waals surface area contributed by atoms with Crippen molar-refractivity contribution in [1.82, 2.24) is 9.88 Å². The maximum absolute atomic E-state index is 9.52. The minimum absolute atomic E-state index is 0.292. The minimum atomic E-state index is 0.292. The van der Waals surface area contributed by atoms with Crippen molar-refractivity contribution in [2.45, 2.75) is 0 Å². The van der Waals surface area contributed by atoms with Crippen LogP contribution in [0.1, 0.15) is 0 Å². The van der Waals surface area contributed by atoms with Crippen LogP contribution in [0.3, 0.4) is 0 Å². The van der Waals surface area contributed by atoms with Crippen LogP contribution in [0.4, 0.5) is 5.69 Å². The fourth-order valence-corrected chi connectivity index (χ4v) is 2.34. The Hall–Kier alpha value is -1.81. The quantitative estimate of drug-likeness (QED) is 0.827. The first kappa shape index (κ1) is 11.3. The molecule has 4 heteroatoms. The van der Waals surface area contributed by atoms with Crippen LogP contribution in [0, 0.1) is 0 Å². The van der Waals surface area contributed by atoms with Gasteiger partial charge in [-0.3, -0.25) is 4.98 Å². The molecule has 2 aromatic rings. The van der Waals surface area contributed by atoms with E-state index in [0.29, 0.717) is 5.75 Å². The van der Waals surface area contributed by atoms with Crippen molar-refractivity contribution in [1.29, 1.82) is 0 Å². The van der Waals surface area contributed by atoms with Crippen molar-refractivity contribution < 1.29 is 5.11 Å². The van der Waals surface area contributed by atoms with Crippen LogP contribution in [-0.4, -0.2) is 48.2 Å². The fourth-order valence-electron chi connectivity index (χ4n) is 2.34. The van der Waals surface area contributed by atoms with Gasteiger partial charge in [-0.05, 0) is 31.3 Å². The van der Waals surface area contributed by atoms with E-state index < -0.39 is 0 Å². The van der Waals surface area contributed by atoms with Crippen molar-refractivity contribution in [3.63, 3.8) is 0 Å². The average Bonchev–Trinajstić information content (AvgIpc) is 2.38. The molecule has 1 fully saturated rings. The molecule has 94 valence electrons. The number of piperazine rings is 1. The van der Waals surface area contributed by atoms with Crippen LogP contribution < -0.4 is 4.90 Å². The first-order valence-corrected chi connectivity index (χ1v) is 6.25. The standard InChI is InChI=1S/C14H17N3O/c1-16-4-6-17(7-5-16)12-8-11-9-13(18)2-3-14(11)15-10-12/h2-3,8-10,18H,4-7H2,1H3. The van der Waals surface area contributed by atoms with E-state index in [-0.39, 0.29) is 0 Å². The van der Waals surface area contributed by atoms with Crippen LogP contribution in [0.25, 0.3) is 10.9 Å². The number of hydrogen-bond acceptors (Lipinski definition) is 4. The van der Waals surface area contributed by atoms with Gasteiger partial charge >= 0.3 is 0 Å². The van der Waals surface area contributed by atoms with E-state index in [1.165, 1.54) is 0 Å². The number of nitrogens with zero attached hydrogens (tertiary/aromatic N) is 3. The molecule has 0 unspecified atom stereocenters. The lowest BCUT2D eigenvalue weighted by molar-refractivity contribution is 0.313. The highest BCUT2D eigenvalue weighted by molar-refractivity contribution is 5.83. The molecular formula is C14H17N3O. The molecule has 4 nitrogen and oxygen atoms in total. The SMILES string of the molecule is CN1CCN(c2cnc3ccc(O)cc3c2)CC1. The Morgan fingerprint density at radius 1 is 1.11 bits per heavy atom. The Bertz CT molecular complexity index is 562. The van der Waals surface area contributed by atoms with Gasteiger partial charge < -0.3 is 14.9 Å². The van der Waals surface area contributed by atoms with Crippen LogP contribution in [0.15, 0.2) is 30.5 Å². The van der Waals surface area contributed by atoms with Crippen molar-refractivity contribution in [3.8, 4) is 5.75 Å². The highest BCUT2D eigenvalue weighted by atomic mass is 16.3. The first-order valence-electron chi connectivity index (χ1n) is 6.25. The van der Waals surface area contributed by atoms with E-state index >= 15 is 0 Å². The van der Waals surface area contributed by atoms with Crippen molar-refractivity contribution in [3.05, 3.63) is 30.5 Å². The third-order valence-electron chi connectivity index (χ3n) is 3.52. The molecule has 1 N–H and O–H groups in total. The molecule has 1 aliphatic rings. The third kappa shape index (κ3) is 2.11. The number of anilines is 1. The summed E-state index contributed by atoms with van der Waals surface area (Å²) in [5.74, 6) is 0.292. The summed E-state index contributed by atoms with van der Waals surface area (Å²) in [4.78, 5) is 9.12. The lowest BCUT2D eigenvalue weighted by Crippen LogP contribution is -2.44. The van der Waals surface area contributed by atoms with Gasteiger partial charge in [-0.25, -0.2) is 0 Å². The Kier molecular flexibility index (Phi) is 2.80. The van der Waals surface area contributed by atoms with Gasteiger partial charge in [-0.1, -0.05) is 0 Å². The number of pyridine rings is 1. The minimum Gasteiger partial charge on any atom is -0.508 e. The van der Waals surface area contributed by atoms with Gasteiger partial charge in [-0.15, -0.1) is 0 Å². The number of aromatic nitrogens is 1. The van der Waals surface area contributed by atoms with Gasteiger partial charge in [0.1, 0.15) is 5.75 Å². The smallest absolute Gasteiger partial charge is 0.116 e. The molecule has 1 aromatic heterocycles. The molecule has 2 heterocycles. The molecule has 0 saturated carbocycles. The fraction of sp³-hybridized carbons (Fsp3) is 0.357. The maximum Gasteiger partial charge on any atom is 0.116 e. The summed E-state index contributed by atoms with van der Waals surface area (Å²) in [6.07, 6.45) is 1.92. The number of rotatable bonds is 1. The second kappa shape index (κ2) is 4.46. The van der Waals surface area contributed by atoms with E-state index in [4.69, 9.17) is 0 Å². The van der Waals surface area contributed by atoms with E-state index in [2.05, 4.69) is 27.9 Å². The summed E-state index contributed by atoms with van der Waals surface area (Å²) in [5, 5.41) is 10.5. The zero-order valence-corrected chi connectivity index (χ0v) is 10.5. The molecule has 0 amide bonds. The summed E-state index contributed by atoms with van der Waals surface area (Å²) >= 11 is 0. The third-order valence-corrected chi connectivity index (χ3v) is 3.52. The molecule has 3 rings (SSSR count). The number of aromatic hydroxyl groups is 1. The zero-order chi connectivity index (χ0) is 12.5. The molecular weight excluding hydrogens is 226 g/mol. The molecule has 0 radical (unpaired) electrons. The average molecular weight is 243 g/mol. The van der Waals surface area contributed by atoms with Gasteiger partial charge in [0.15, 0.2) is 0 Å². The summed E-state index contributed by atoms with van der Waals surface area (Å²) in [7, 11) is 2.15. The molecule has 0 bridgehead atoms. The second-order valence-electron chi connectivity index (χ2n) is 4.86. The first-order chi connectivity index (χ1) is 8.72. The monoisotopic (exact) mass is 243 g/mol. The molecule has 1 saturated heterocycles. The van der Waals surface area contributed by atoms with Gasteiger partial charge in [0.25, 0.3) is 0 Å². The van der Waals surface area contributed by atoms with E-state index in [0.717, 1.165) is 42.8 Å². The largest absolute Gasteiger partial charge is 0.508 e. The molecule has 0 aliphatic carbocycles. The summed E-state index contributed by atoms with van der Waals surface area (Å²) in [6.45, 7) is 4.22. The number of fused-ring (bicyclic) bond motifs is 1. The number of phenols is 1. The normalized spacial score (nSPS) is 17.3. The van der Waals surface area contributed by atoms with Crippen LogP contribution in [0.5, 0.6) is 5.75 Å². The van der Waals surface area contributed by atoms with Crippen LogP contribution in [0.2, 0.25) is 0 Å². The summed E-state index contributed by atoms with van der Waals surface area (Å²) < 4.78 is 0. The molecule has 0 atom stereocenters. The number of phenolic OH excluding ortho intramolecular Hbond substituents is 1. The van der Waals surface area contributed by atoms with Crippen molar-refractivity contribution in [2.24, 2.45) is 0 Å². The Labute approximate surface area is 106 Å². The number of benzene rings is 1. The van der Waals surface area contributed by atoms with Crippen molar-refractivity contribution in [2.75, 3.05) is 38.1 Å². The van der Waals surface area contributed by atoms with Crippen LogP contribution >= 0.6 is 0 Å². The highest BCUT2D eigenvalue weighted by Crippen LogP contribution is 2.23. The summed E-state index contributed by atoms with van der Waals surface area (Å²) in [6, 6.07) is 7.39. The lowest BCUT2D eigenvalue weighted by Gasteiger charge is -2.33. The second-order valence-corrected chi connectivity index (χ2v) is 4.86. The predicted molar refractivity (Wildman–Crippen MR) is 73.1 cm³/mol. The van der Waals surface area contributed by atoms with Gasteiger partial charge in [0, 0.05) is 31.6 Å². The molecule has 1 aromatic carbocycles. The Balaban J connectivity index is 1.92. The van der Waals surface area contributed by atoms with Gasteiger partial charge in [0.2, 0.25) is 0 Å². The molecule has 18 heavy (non-hydrogen) atoms. The van der Waals surface area contributed by atoms with Crippen molar-refractivity contribution >= 4 is 16.6 Å². The zero-order valence-electron chi connectivity index (χ0n) is 10.5. The highest BCUT2D eigenvalue weighted by Gasteiger charge is 2.14. The Morgan fingerprint density at radius 2 is 1.89 bits per heavy atom. The molecule has 0 spiro atoms. The van der Waals surface area contributed by atoms with E-state index in [9.17, 15) is 5.11 Å². The lowest BCUT2D eigenvalue weighted by atomic mass is 10.2. The van der Waals surface area contributed by atoms with E-state index in [1.54, 1.807) is 12.1 Å².